The molecule has 0 fully saturated rings. The van der Waals surface area contributed by atoms with Crippen molar-refractivity contribution in [3.05, 3.63) is 56.3 Å². The van der Waals surface area contributed by atoms with E-state index in [0.29, 0.717) is 22.8 Å². The summed E-state index contributed by atoms with van der Waals surface area (Å²) < 4.78 is 6.41. The second-order valence-corrected chi connectivity index (χ2v) is 7.22. The van der Waals surface area contributed by atoms with Gasteiger partial charge in [0.05, 0.1) is 22.8 Å². The Bertz CT molecular complexity index is 1000. The minimum absolute atomic E-state index is 0.428. The molecule has 0 amide bonds. The molecule has 0 radical (unpaired) electrons. The highest BCUT2D eigenvalue weighted by Crippen LogP contribution is 2.30. The van der Waals surface area contributed by atoms with Crippen LogP contribution in [0.15, 0.2) is 23.6 Å². The molecule has 1 aromatic carbocycles. The number of rotatable bonds is 5. The normalized spacial score (nSPS) is 9.25. The minimum Gasteiger partial charge on any atom is -0.385 e. The first-order valence-corrected chi connectivity index (χ1v) is 11.8. The zero-order valence-corrected chi connectivity index (χ0v) is 21.8. The van der Waals surface area contributed by atoms with Crippen molar-refractivity contribution in [3.8, 4) is 17.2 Å². The van der Waals surface area contributed by atoms with Gasteiger partial charge in [-0.15, -0.1) is 11.3 Å². The number of carbonyl (C=O) groups excluding carboxylic acids is 1. The van der Waals surface area contributed by atoms with Gasteiger partial charge in [0.2, 0.25) is 0 Å². The zero-order chi connectivity index (χ0) is 24.7. The van der Waals surface area contributed by atoms with E-state index >= 15 is 0 Å². The summed E-state index contributed by atoms with van der Waals surface area (Å²) in [4.78, 5) is 15.0. The van der Waals surface area contributed by atoms with Crippen LogP contribution in [-0.2, 0) is 11.3 Å². The Balaban J connectivity index is 0.00000106. The maximum Gasteiger partial charge on any atom is 0.169 e. The minimum atomic E-state index is 0.428. The summed E-state index contributed by atoms with van der Waals surface area (Å²) >= 11 is 7.58. The van der Waals surface area contributed by atoms with E-state index in [4.69, 9.17) is 16.9 Å². The van der Waals surface area contributed by atoms with Crippen LogP contribution in [0.3, 0.4) is 0 Å². The molecule has 0 bridgehead atoms. The third kappa shape index (κ3) is 8.19. The predicted molar refractivity (Wildman–Crippen MR) is 134 cm³/mol. The molecule has 8 heteroatoms. The summed E-state index contributed by atoms with van der Waals surface area (Å²) in [7, 11) is 1.68. The highest BCUT2D eigenvalue weighted by Gasteiger charge is 2.16. The van der Waals surface area contributed by atoms with Crippen LogP contribution in [0.1, 0.15) is 67.1 Å². The third-order valence-electron chi connectivity index (χ3n) is 4.02. The van der Waals surface area contributed by atoms with E-state index in [1.165, 1.54) is 11.3 Å². The average Bonchev–Trinajstić information content (AvgIpc) is 3.40. The highest BCUT2D eigenvalue weighted by atomic mass is 35.5. The Hall–Kier alpha value is -2.53. The number of hydrogen-bond acceptors (Lipinski definition) is 6. The highest BCUT2D eigenvalue weighted by molar-refractivity contribution is 7.09. The van der Waals surface area contributed by atoms with Crippen molar-refractivity contribution in [2.45, 2.75) is 55.0 Å². The van der Waals surface area contributed by atoms with Crippen molar-refractivity contribution < 1.29 is 9.53 Å². The molecule has 0 saturated carbocycles. The van der Waals surface area contributed by atoms with Gasteiger partial charge >= 0.3 is 0 Å². The van der Waals surface area contributed by atoms with Crippen LogP contribution in [0.5, 0.6) is 0 Å². The van der Waals surface area contributed by atoms with E-state index in [2.05, 4.69) is 20.9 Å². The van der Waals surface area contributed by atoms with Crippen molar-refractivity contribution in [1.82, 2.24) is 14.8 Å². The number of ether oxygens (including phenoxy) is 1. The zero-order valence-electron chi connectivity index (χ0n) is 20.2. The first-order chi connectivity index (χ1) is 15.4. The molecular formula is C24H33ClN4O2S. The number of hydrogen-bond donors (Lipinski definition) is 0. The first-order valence-electron chi connectivity index (χ1n) is 10.6. The van der Waals surface area contributed by atoms with Gasteiger partial charge in [0.15, 0.2) is 6.29 Å². The molecule has 174 valence electrons. The fourth-order valence-corrected chi connectivity index (χ4v) is 3.55. The van der Waals surface area contributed by atoms with Crippen molar-refractivity contribution in [2.75, 3.05) is 13.7 Å². The molecular weight excluding hydrogens is 444 g/mol. The topological polar surface area (TPSA) is 80.8 Å². The molecule has 0 unspecified atom stereocenters. The van der Waals surface area contributed by atoms with E-state index < -0.39 is 0 Å². The van der Waals surface area contributed by atoms with Crippen LogP contribution >= 0.6 is 22.9 Å². The van der Waals surface area contributed by atoms with Crippen molar-refractivity contribution in [3.63, 3.8) is 0 Å². The summed E-state index contributed by atoms with van der Waals surface area (Å²) in [6.07, 6.45) is 0.741. The number of nitrogens with zero attached hydrogens (tertiary/aromatic N) is 4. The summed E-state index contributed by atoms with van der Waals surface area (Å²) in [5.74, 6) is 0. The quantitative estimate of drug-likeness (QED) is 0.382. The van der Waals surface area contributed by atoms with Gasteiger partial charge < -0.3 is 4.74 Å². The molecule has 0 aliphatic rings. The molecule has 3 aromatic rings. The number of aldehydes is 1. The molecule has 0 spiro atoms. The fourth-order valence-electron chi connectivity index (χ4n) is 2.61. The SMILES string of the molecule is CC.CC.CCOC.Cc1nn(Cc2nc(C=O)cs2)c(C)c1-c1ccc(C#N)c(Cl)c1. The lowest BCUT2D eigenvalue weighted by molar-refractivity contribution is 0.111. The molecule has 6 nitrogen and oxygen atoms in total. The average molecular weight is 477 g/mol. The summed E-state index contributed by atoms with van der Waals surface area (Å²) in [6, 6.07) is 7.44. The molecule has 2 heterocycles. The molecule has 2 aromatic heterocycles. The number of aromatic nitrogens is 3. The largest absolute Gasteiger partial charge is 0.385 e. The fraction of sp³-hybridized carbons (Fsp3) is 0.417. The smallest absolute Gasteiger partial charge is 0.169 e. The molecule has 0 atom stereocenters. The molecule has 0 aliphatic heterocycles. The van der Waals surface area contributed by atoms with E-state index in [0.717, 1.165) is 40.4 Å². The van der Waals surface area contributed by atoms with Gasteiger partial charge in [0.25, 0.3) is 0 Å². The molecule has 0 N–H and O–H groups in total. The Kier molecular flexibility index (Phi) is 14.9. The van der Waals surface area contributed by atoms with Crippen LogP contribution in [-0.4, -0.2) is 34.8 Å². The second-order valence-electron chi connectivity index (χ2n) is 5.87. The van der Waals surface area contributed by atoms with Crippen LogP contribution < -0.4 is 0 Å². The van der Waals surface area contributed by atoms with Crippen LogP contribution in [0.25, 0.3) is 11.1 Å². The third-order valence-corrected chi connectivity index (χ3v) is 5.19. The molecule has 3 rings (SSSR count). The van der Waals surface area contributed by atoms with Gasteiger partial charge in [-0.1, -0.05) is 45.4 Å². The van der Waals surface area contributed by atoms with Crippen molar-refractivity contribution in [2.24, 2.45) is 0 Å². The molecule has 0 aliphatic carbocycles. The van der Waals surface area contributed by atoms with Gasteiger partial charge in [-0.3, -0.25) is 9.48 Å². The Labute approximate surface area is 200 Å². The number of nitriles is 1. The van der Waals surface area contributed by atoms with E-state index in [1.807, 2.05) is 59.2 Å². The number of methoxy groups -OCH3 is 1. The monoisotopic (exact) mass is 476 g/mol. The van der Waals surface area contributed by atoms with Gasteiger partial charge in [0.1, 0.15) is 16.8 Å². The standard InChI is InChI=1S/C17H13ClN4OS.C3H8O.2C2H6/c1-10-17(12-3-4-13(6-19)15(18)5-12)11(2)22(21-10)7-16-20-14(8-23)9-24-16;1-3-4-2;2*1-2/h3-5,8-9H,7H2,1-2H3;3H2,1-2H3;2*1-2H3. The molecule has 32 heavy (non-hydrogen) atoms. The van der Waals surface area contributed by atoms with Gasteiger partial charge in [0, 0.05) is 30.4 Å². The molecule has 0 saturated heterocycles. The number of thiazole rings is 1. The predicted octanol–water partition coefficient (Wildman–Crippen LogP) is 6.71. The van der Waals surface area contributed by atoms with Crippen molar-refractivity contribution >= 4 is 29.2 Å². The van der Waals surface area contributed by atoms with Gasteiger partial charge in [-0.05, 0) is 38.5 Å². The maximum absolute atomic E-state index is 10.8. The summed E-state index contributed by atoms with van der Waals surface area (Å²) in [6.45, 7) is 15.2. The van der Waals surface area contributed by atoms with Gasteiger partial charge in [-0.25, -0.2) is 4.98 Å². The number of aryl methyl sites for hydroxylation is 1. The lowest BCUT2D eigenvalue weighted by Gasteiger charge is -2.05. The Morgan fingerprint density at radius 1 is 1.25 bits per heavy atom. The van der Waals surface area contributed by atoms with Crippen LogP contribution in [0, 0.1) is 25.2 Å². The maximum atomic E-state index is 10.8. The van der Waals surface area contributed by atoms with E-state index in [9.17, 15) is 4.79 Å². The van der Waals surface area contributed by atoms with Gasteiger partial charge in [-0.2, -0.15) is 10.4 Å². The van der Waals surface area contributed by atoms with Crippen molar-refractivity contribution in [1.29, 1.82) is 5.26 Å². The van der Waals surface area contributed by atoms with Crippen LogP contribution in [0.4, 0.5) is 0 Å². The lowest BCUT2D eigenvalue weighted by Crippen LogP contribution is -2.04. The number of carbonyl (C=O) groups is 1. The summed E-state index contributed by atoms with van der Waals surface area (Å²) in [5, 5.41) is 16.6. The first kappa shape index (κ1) is 29.5. The Morgan fingerprint density at radius 2 is 1.88 bits per heavy atom. The number of halogens is 1. The van der Waals surface area contributed by atoms with E-state index in [1.54, 1.807) is 24.6 Å². The lowest BCUT2D eigenvalue weighted by atomic mass is 10.0. The Morgan fingerprint density at radius 3 is 2.34 bits per heavy atom. The van der Waals surface area contributed by atoms with E-state index in [-0.39, 0.29) is 0 Å². The van der Waals surface area contributed by atoms with Crippen LogP contribution in [0.2, 0.25) is 5.02 Å². The second kappa shape index (κ2) is 16.2. The number of benzene rings is 1. The summed E-state index contributed by atoms with van der Waals surface area (Å²) in [5.41, 5.74) is 4.67.